The first-order valence-electron chi connectivity index (χ1n) is 9.63. The smallest absolute Gasteiger partial charge is 0.301 e. The number of hydrogen-bond acceptors (Lipinski definition) is 6. The van der Waals surface area contributed by atoms with Crippen LogP contribution in [-0.4, -0.2) is 28.6 Å². The van der Waals surface area contributed by atoms with Crippen LogP contribution < -0.4 is 9.64 Å². The van der Waals surface area contributed by atoms with Crippen LogP contribution in [-0.2, 0) is 9.59 Å². The maximum Gasteiger partial charge on any atom is 0.301 e. The zero-order valence-corrected chi connectivity index (χ0v) is 17.6. The number of hydrogen-bond donors (Lipinski definition) is 1. The van der Waals surface area contributed by atoms with E-state index in [1.54, 1.807) is 61.5 Å². The van der Waals surface area contributed by atoms with E-state index in [0.29, 0.717) is 34.3 Å². The molecule has 1 fully saturated rings. The largest absolute Gasteiger partial charge is 0.507 e. The maximum absolute atomic E-state index is 13.0. The second-order valence-electron chi connectivity index (χ2n) is 6.98. The Morgan fingerprint density at radius 1 is 1.19 bits per heavy atom. The summed E-state index contributed by atoms with van der Waals surface area (Å²) < 4.78 is 10.5. The molecule has 0 bridgehead atoms. The number of Topliss-reactive ketones (excluding diaryl/α,β-unsaturated/α-hetero) is 1. The molecular formula is C23H19ClN2O5. The summed E-state index contributed by atoms with van der Waals surface area (Å²) >= 11 is 6.17. The van der Waals surface area contributed by atoms with Gasteiger partial charge in [0, 0.05) is 16.7 Å². The van der Waals surface area contributed by atoms with Crippen molar-refractivity contribution in [1.29, 1.82) is 0 Å². The Morgan fingerprint density at radius 3 is 2.55 bits per heavy atom. The van der Waals surface area contributed by atoms with E-state index in [0.717, 1.165) is 0 Å². The average Bonchev–Trinajstić information content (AvgIpc) is 3.29. The molecule has 0 aliphatic carbocycles. The Labute approximate surface area is 183 Å². The lowest BCUT2D eigenvalue weighted by atomic mass is 9.95. The van der Waals surface area contributed by atoms with Gasteiger partial charge in [-0.2, -0.15) is 0 Å². The fourth-order valence-corrected chi connectivity index (χ4v) is 3.76. The number of anilines is 1. The standard InChI is InChI=1S/C23H19ClN2O5/c1-3-30-17-9-7-14(8-10-17)21(27)19-20(15-5-4-6-16(24)12-15)26(23(29)22(19)28)18-11-13(2)31-25-18/h4-12,20,27H,3H2,1-2H3/t20-/m1/s1. The number of aryl methyl sites for hydroxylation is 1. The van der Waals surface area contributed by atoms with Crippen molar-refractivity contribution >= 4 is 34.9 Å². The van der Waals surface area contributed by atoms with Crippen LogP contribution in [0, 0.1) is 6.92 Å². The SMILES string of the molecule is CCOc1ccc(C(O)=C2C(=O)C(=O)N(c3cc(C)on3)[C@@H]2c2cccc(Cl)c2)cc1. The van der Waals surface area contributed by atoms with Gasteiger partial charge in [-0.1, -0.05) is 28.9 Å². The second-order valence-corrected chi connectivity index (χ2v) is 7.41. The molecular weight excluding hydrogens is 420 g/mol. The summed E-state index contributed by atoms with van der Waals surface area (Å²) in [7, 11) is 0. The van der Waals surface area contributed by atoms with Gasteiger partial charge in [0.05, 0.1) is 18.2 Å². The number of carbonyl (C=O) groups excluding carboxylic acids is 2. The molecule has 3 aromatic rings. The van der Waals surface area contributed by atoms with Crippen molar-refractivity contribution in [1.82, 2.24) is 5.16 Å². The Morgan fingerprint density at radius 2 is 1.94 bits per heavy atom. The van der Waals surface area contributed by atoms with Gasteiger partial charge in [0.2, 0.25) is 0 Å². The minimum Gasteiger partial charge on any atom is -0.507 e. The average molecular weight is 439 g/mol. The number of halogens is 1. The predicted octanol–water partition coefficient (Wildman–Crippen LogP) is 4.66. The van der Waals surface area contributed by atoms with Gasteiger partial charge < -0.3 is 14.4 Å². The Kier molecular flexibility index (Phi) is 5.52. The summed E-state index contributed by atoms with van der Waals surface area (Å²) in [5, 5.41) is 15.4. The fraction of sp³-hybridized carbons (Fsp3) is 0.174. The number of aliphatic hydroxyl groups excluding tert-OH is 1. The molecule has 0 saturated carbocycles. The van der Waals surface area contributed by atoms with E-state index in [-0.39, 0.29) is 17.2 Å². The molecule has 1 amide bonds. The fourth-order valence-electron chi connectivity index (χ4n) is 3.56. The lowest BCUT2D eigenvalue weighted by molar-refractivity contribution is -0.132. The Hall–Kier alpha value is -3.58. The summed E-state index contributed by atoms with van der Waals surface area (Å²) in [5.41, 5.74) is 0.877. The highest BCUT2D eigenvalue weighted by Gasteiger charge is 2.48. The van der Waals surface area contributed by atoms with Crippen molar-refractivity contribution in [2.75, 3.05) is 11.5 Å². The van der Waals surface area contributed by atoms with Gasteiger partial charge in [0.25, 0.3) is 5.78 Å². The van der Waals surface area contributed by atoms with Gasteiger partial charge >= 0.3 is 5.91 Å². The number of benzene rings is 2. The molecule has 7 nitrogen and oxygen atoms in total. The minimum atomic E-state index is -0.922. The summed E-state index contributed by atoms with van der Waals surface area (Å²) in [5.74, 6) is -0.649. The number of aromatic nitrogens is 1. The quantitative estimate of drug-likeness (QED) is 0.354. The van der Waals surface area contributed by atoms with Crippen molar-refractivity contribution in [2.24, 2.45) is 0 Å². The van der Waals surface area contributed by atoms with Crippen LogP contribution in [0.5, 0.6) is 5.75 Å². The third-order valence-corrected chi connectivity index (χ3v) is 5.15. The maximum atomic E-state index is 13.0. The van der Waals surface area contributed by atoms with E-state index in [2.05, 4.69) is 5.16 Å². The molecule has 1 N–H and O–H groups in total. The zero-order chi connectivity index (χ0) is 22.1. The zero-order valence-electron chi connectivity index (χ0n) is 16.8. The highest BCUT2D eigenvalue weighted by molar-refractivity contribution is 6.51. The molecule has 1 aromatic heterocycles. The molecule has 158 valence electrons. The van der Waals surface area contributed by atoms with E-state index >= 15 is 0 Å². The number of carbonyl (C=O) groups is 2. The van der Waals surface area contributed by atoms with Crippen molar-refractivity contribution < 1.29 is 24.0 Å². The van der Waals surface area contributed by atoms with Crippen LogP contribution in [0.1, 0.15) is 29.9 Å². The van der Waals surface area contributed by atoms with Crippen LogP contribution in [0.25, 0.3) is 5.76 Å². The highest BCUT2D eigenvalue weighted by atomic mass is 35.5. The first-order valence-corrected chi connectivity index (χ1v) is 10.0. The van der Waals surface area contributed by atoms with Gasteiger partial charge in [-0.15, -0.1) is 0 Å². The van der Waals surface area contributed by atoms with Crippen molar-refractivity contribution in [3.63, 3.8) is 0 Å². The van der Waals surface area contributed by atoms with Crippen LogP contribution in [0.15, 0.2) is 64.7 Å². The lowest BCUT2D eigenvalue weighted by Gasteiger charge is -2.23. The number of aliphatic hydroxyl groups is 1. The van der Waals surface area contributed by atoms with E-state index < -0.39 is 17.7 Å². The summed E-state index contributed by atoms with van der Waals surface area (Å²) in [6, 6.07) is 14.0. The number of nitrogens with zero attached hydrogens (tertiary/aromatic N) is 2. The number of rotatable bonds is 5. The Bertz CT molecular complexity index is 1180. The van der Waals surface area contributed by atoms with E-state index in [9.17, 15) is 14.7 Å². The molecule has 1 aliphatic rings. The molecule has 1 atom stereocenters. The molecule has 0 spiro atoms. The number of amides is 1. The monoisotopic (exact) mass is 438 g/mol. The second kappa shape index (κ2) is 8.28. The van der Waals surface area contributed by atoms with Crippen molar-refractivity contribution in [3.8, 4) is 5.75 Å². The highest BCUT2D eigenvalue weighted by Crippen LogP contribution is 2.42. The summed E-state index contributed by atoms with van der Waals surface area (Å²) in [4.78, 5) is 27.2. The molecule has 4 rings (SSSR count). The predicted molar refractivity (Wildman–Crippen MR) is 115 cm³/mol. The number of ether oxygens (including phenoxy) is 1. The molecule has 1 aliphatic heterocycles. The van der Waals surface area contributed by atoms with Gasteiger partial charge in [-0.3, -0.25) is 14.5 Å². The van der Waals surface area contributed by atoms with Crippen molar-refractivity contribution in [2.45, 2.75) is 19.9 Å². The molecule has 0 radical (unpaired) electrons. The van der Waals surface area contributed by atoms with Crippen LogP contribution in [0.4, 0.5) is 5.82 Å². The van der Waals surface area contributed by atoms with Crippen LogP contribution >= 0.6 is 11.6 Å². The molecule has 2 aromatic carbocycles. The number of ketones is 1. The molecule has 8 heteroatoms. The third-order valence-electron chi connectivity index (χ3n) is 4.91. The van der Waals surface area contributed by atoms with Gasteiger partial charge in [-0.25, -0.2) is 0 Å². The molecule has 1 saturated heterocycles. The summed E-state index contributed by atoms with van der Waals surface area (Å²) in [6.07, 6.45) is 0. The molecule has 31 heavy (non-hydrogen) atoms. The third kappa shape index (κ3) is 3.80. The van der Waals surface area contributed by atoms with E-state index in [4.69, 9.17) is 20.9 Å². The molecule has 0 unspecified atom stereocenters. The van der Waals surface area contributed by atoms with Crippen molar-refractivity contribution in [3.05, 3.63) is 82.1 Å². The Balaban J connectivity index is 1.89. The van der Waals surface area contributed by atoms with E-state index in [1.165, 1.54) is 4.90 Å². The molecule has 2 heterocycles. The van der Waals surface area contributed by atoms with Crippen LogP contribution in [0.2, 0.25) is 5.02 Å². The van der Waals surface area contributed by atoms with E-state index in [1.807, 2.05) is 6.92 Å². The van der Waals surface area contributed by atoms with Gasteiger partial charge in [0.1, 0.15) is 17.3 Å². The summed E-state index contributed by atoms with van der Waals surface area (Å²) in [6.45, 7) is 4.05. The van der Waals surface area contributed by atoms with Gasteiger partial charge in [0.15, 0.2) is 5.82 Å². The lowest BCUT2D eigenvalue weighted by Crippen LogP contribution is -2.29. The normalized spacial score (nSPS) is 17.9. The first kappa shape index (κ1) is 20.7. The topological polar surface area (TPSA) is 92.9 Å². The van der Waals surface area contributed by atoms with Crippen LogP contribution in [0.3, 0.4) is 0 Å². The van der Waals surface area contributed by atoms with Gasteiger partial charge in [-0.05, 0) is 55.8 Å². The first-order chi connectivity index (χ1) is 14.9. The minimum absolute atomic E-state index is 0.0583.